The van der Waals surface area contributed by atoms with Crippen LogP contribution in [0.3, 0.4) is 0 Å². The van der Waals surface area contributed by atoms with Crippen molar-refractivity contribution in [2.24, 2.45) is 0 Å². The molecule has 0 unspecified atom stereocenters. The van der Waals surface area contributed by atoms with Crippen LogP contribution in [0.1, 0.15) is 43.4 Å². The Bertz CT molecular complexity index is 1030. The minimum atomic E-state index is -0.747. The Morgan fingerprint density at radius 3 is 2.52 bits per heavy atom. The number of carbonyl (C=O) groups is 2. The summed E-state index contributed by atoms with van der Waals surface area (Å²) in [6, 6.07) is 7.52. The predicted octanol–water partition coefficient (Wildman–Crippen LogP) is 3.88. The lowest BCUT2D eigenvalue weighted by Gasteiger charge is -2.07. The molecule has 1 aromatic carbocycles. The average molecular weight is 370 g/mol. The molecule has 0 aliphatic heterocycles. The van der Waals surface area contributed by atoms with E-state index in [9.17, 15) is 14.0 Å². The molecule has 0 amide bonds. The van der Waals surface area contributed by atoms with Gasteiger partial charge in [0.15, 0.2) is 12.4 Å². The minimum Gasteiger partial charge on any atom is -0.454 e. The molecule has 0 saturated heterocycles. The fraction of sp³-hybridized carbons (Fsp3) is 0.250. The number of aryl methyl sites for hydroxylation is 3. The molecule has 3 aromatic rings. The number of ether oxygens (including phenoxy) is 1. The number of rotatable bonds is 5. The van der Waals surface area contributed by atoms with Crippen molar-refractivity contribution in [3.63, 3.8) is 0 Å². The van der Waals surface area contributed by atoms with Gasteiger partial charge in [0, 0.05) is 23.0 Å². The molecule has 0 aliphatic carbocycles. The topological polar surface area (TPSA) is 74.3 Å². The number of esters is 1. The molecule has 6 nitrogen and oxygen atoms in total. The molecule has 2 aromatic heterocycles. The van der Waals surface area contributed by atoms with Crippen molar-refractivity contribution in [2.75, 3.05) is 6.61 Å². The van der Waals surface area contributed by atoms with Crippen LogP contribution in [-0.2, 0) is 4.74 Å². The van der Waals surface area contributed by atoms with E-state index in [2.05, 4.69) is 5.16 Å². The molecule has 0 radical (unpaired) electrons. The molecule has 0 fully saturated rings. The summed E-state index contributed by atoms with van der Waals surface area (Å²) in [5.41, 5.74) is 2.39. The monoisotopic (exact) mass is 370 g/mol. The highest BCUT2D eigenvalue weighted by atomic mass is 19.1. The first kappa shape index (κ1) is 18.6. The summed E-state index contributed by atoms with van der Waals surface area (Å²) in [4.78, 5) is 24.6. The van der Waals surface area contributed by atoms with E-state index in [0.29, 0.717) is 28.4 Å². The number of Topliss-reactive ketones (excluding diaryl/α,β-unsaturated/α-hetero) is 1. The molecule has 0 saturated carbocycles. The zero-order chi connectivity index (χ0) is 19.7. The molecule has 3 rings (SSSR count). The Balaban J connectivity index is 1.75. The largest absolute Gasteiger partial charge is 0.454 e. The third-order valence-corrected chi connectivity index (χ3v) is 4.32. The SMILES string of the molecule is Cc1cc(-n2c(C)cc(C(=O)COC(=O)c3ccc(C)c(F)c3)c2C)no1. The van der Waals surface area contributed by atoms with E-state index in [1.54, 1.807) is 37.5 Å². The van der Waals surface area contributed by atoms with Gasteiger partial charge in [0.1, 0.15) is 11.6 Å². The van der Waals surface area contributed by atoms with Gasteiger partial charge in [-0.1, -0.05) is 11.2 Å². The molecular weight excluding hydrogens is 351 g/mol. The van der Waals surface area contributed by atoms with Gasteiger partial charge in [-0.3, -0.25) is 9.36 Å². The fourth-order valence-corrected chi connectivity index (χ4v) is 2.87. The maximum absolute atomic E-state index is 13.6. The van der Waals surface area contributed by atoms with Crippen LogP contribution in [0.2, 0.25) is 0 Å². The number of benzene rings is 1. The number of hydrogen-bond acceptors (Lipinski definition) is 5. The first-order valence-corrected chi connectivity index (χ1v) is 8.37. The summed E-state index contributed by atoms with van der Waals surface area (Å²) < 4.78 is 25.5. The average Bonchev–Trinajstić information content (AvgIpc) is 3.17. The van der Waals surface area contributed by atoms with Crippen LogP contribution in [0.4, 0.5) is 4.39 Å². The molecule has 7 heteroatoms. The predicted molar refractivity (Wildman–Crippen MR) is 95.8 cm³/mol. The lowest BCUT2D eigenvalue weighted by molar-refractivity contribution is 0.0474. The summed E-state index contributed by atoms with van der Waals surface area (Å²) in [6.45, 7) is 6.57. The number of ketones is 1. The van der Waals surface area contributed by atoms with Gasteiger partial charge < -0.3 is 9.26 Å². The van der Waals surface area contributed by atoms with Crippen molar-refractivity contribution in [3.05, 3.63) is 70.0 Å². The second kappa shape index (κ2) is 7.19. The number of nitrogens with zero attached hydrogens (tertiary/aromatic N) is 2. The summed E-state index contributed by atoms with van der Waals surface area (Å²) in [5, 5.41) is 3.97. The molecule has 140 valence electrons. The van der Waals surface area contributed by atoms with Gasteiger partial charge in [0.05, 0.1) is 5.56 Å². The van der Waals surface area contributed by atoms with E-state index in [4.69, 9.17) is 9.26 Å². The highest BCUT2D eigenvalue weighted by molar-refractivity contribution is 6.00. The van der Waals surface area contributed by atoms with Crippen LogP contribution in [0.25, 0.3) is 5.82 Å². The summed E-state index contributed by atoms with van der Waals surface area (Å²) in [6.07, 6.45) is 0. The van der Waals surface area contributed by atoms with Gasteiger partial charge >= 0.3 is 5.97 Å². The first-order valence-electron chi connectivity index (χ1n) is 8.37. The smallest absolute Gasteiger partial charge is 0.338 e. The Kier molecular flexibility index (Phi) is 4.94. The highest BCUT2D eigenvalue weighted by Gasteiger charge is 2.20. The van der Waals surface area contributed by atoms with Crippen LogP contribution in [0.15, 0.2) is 34.9 Å². The standard InChI is InChI=1S/C20H19FN2O4/c1-11-5-6-15(9-17(11)21)20(25)26-10-18(24)16-7-12(2)23(14(16)4)19-8-13(3)27-22-19/h5-9H,10H2,1-4H3. The second-order valence-electron chi connectivity index (χ2n) is 6.38. The zero-order valence-electron chi connectivity index (χ0n) is 15.5. The minimum absolute atomic E-state index is 0.0643. The Morgan fingerprint density at radius 1 is 1.15 bits per heavy atom. The maximum atomic E-state index is 13.6. The van der Waals surface area contributed by atoms with E-state index in [1.165, 1.54) is 12.1 Å². The van der Waals surface area contributed by atoms with Crippen molar-refractivity contribution in [1.82, 2.24) is 9.72 Å². The van der Waals surface area contributed by atoms with Gasteiger partial charge in [-0.15, -0.1) is 0 Å². The third kappa shape index (κ3) is 3.67. The maximum Gasteiger partial charge on any atom is 0.338 e. The highest BCUT2D eigenvalue weighted by Crippen LogP contribution is 2.21. The molecule has 2 heterocycles. The number of aromatic nitrogens is 2. The summed E-state index contributed by atoms with van der Waals surface area (Å²) in [5.74, 6) is -0.362. The Labute approximate surface area is 155 Å². The van der Waals surface area contributed by atoms with E-state index >= 15 is 0 Å². The van der Waals surface area contributed by atoms with Crippen LogP contribution in [0.5, 0.6) is 0 Å². The Morgan fingerprint density at radius 2 is 1.89 bits per heavy atom. The van der Waals surface area contributed by atoms with Gasteiger partial charge in [-0.25, -0.2) is 9.18 Å². The van der Waals surface area contributed by atoms with Crippen molar-refractivity contribution >= 4 is 11.8 Å². The Hall–Kier alpha value is -3.22. The summed E-state index contributed by atoms with van der Waals surface area (Å²) >= 11 is 0. The zero-order valence-corrected chi connectivity index (χ0v) is 15.5. The molecule has 0 spiro atoms. The van der Waals surface area contributed by atoms with Crippen molar-refractivity contribution < 1.29 is 23.2 Å². The van der Waals surface area contributed by atoms with Crippen molar-refractivity contribution in [1.29, 1.82) is 0 Å². The first-order chi connectivity index (χ1) is 12.8. The molecular formula is C20H19FN2O4. The van der Waals surface area contributed by atoms with Crippen LogP contribution in [-0.4, -0.2) is 28.1 Å². The molecule has 0 atom stereocenters. The lowest BCUT2D eigenvalue weighted by atomic mass is 10.1. The number of halogens is 1. The van der Waals surface area contributed by atoms with Crippen molar-refractivity contribution in [2.45, 2.75) is 27.7 Å². The number of hydrogen-bond donors (Lipinski definition) is 0. The lowest BCUT2D eigenvalue weighted by Crippen LogP contribution is -2.15. The van der Waals surface area contributed by atoms with E-state index in [-0.39, 0.29) is 11.3 Å². The third-order valence-electron chi connectivity index (χ3n) is 4.32. The fourth-order valence-electron chi connectivity index (χ4n) is 2.87. The van der Waals surface area contributed by atoms with Gasteiger partial charge in [-0.05, 0) is 51.5 Å². The molecule has 27 heavy (non-hydrogen) atoms. The number of carbonyl (C=O) groups excluding carboxylic acids is 2. The molecule has 0 bridgehead atoms. The van der Waals surface area contributed by atoms with Crippen LogP contribution in [0, 0.1) is 33.5 Å². The van der Waals surface area contributed by atoms with Crippen LogP contribution >= 0.6 is 0 Å². The van der Waals surface area contributed by atoms with Crippen molar-refractivity contribution in [3.8, 4) is 5.82 Å². The molecule has 0 aliphatic rings. The van der Waals surface area contributed by atoms with Crippen LogP contribution < -0.4 is 0 Å². The van der Waals surface area contributed by atoms with Gasteiger partial charge in [0.25, 0.3) is 0 Å². The quantitative estimate of drug-likeness (QED) is 0.503. The van der Waals surface area contributed by atoms with E-state index in [0.717, 1.165) is 11.8 Å². The summed E-state index contributed by atoms with van der Waals surface area (Å²) in [7, 11) is 0. The second-order valence-corrected chi connectivity index (χ2v) is 6.38. The van der Waals surface area contributed by atoms with E-state index < -0.39 is 18.4 Å². The normalized spacial score (nSPS) is 10.9. The van der Waals surface area contributed by atoms with Gasteiger partial charge in [-0.2, -0.15) is 0 Å². The van der Waals surface area contributed by atoms with Gasteiger partial charge in [0.2, 0.25) is 5.78 Å². The molecule has 0 N–H and O–H groups in total. The van der Waals surface area contributed by atoms with E-state index in [1.807, 2.05) is 6.92 Å².